The fraction of sp³-hybridized carbons (Fsp3) is 0.667. The van der Waals surface area contributed by atoms with E-state index in [0.29, 0.717) is 12.5 Å². The van der Waals surface area contributed by atoms with Crippen LogP contribution >= 0.6 is 11.3 Å². The molecule has 2 fully saturated rings. The Bertz CT molecular complexity index is 423. The topological polar surface area (TPSA) is 54.5 Å². The predicted molar refractivity (Wildman–Crippen MR) is 68.2 cm³/mol. The molecule has 0 radical (unpaired) electrons. The van der Waals surface area contributed by atoms with E-state index in [1.807, 2.05) is 11.6 Å². The van der Waals surface area contributed by atoms with Gasteiger partial charge in [0, 0.05) is 37.6 Å². The first-order valence-electron chi connectivity index (χ1n) is 6.22. The van der Waals surface area contributed by atoms with Crippen molar-refractivity contribution in [3.63, 3.8) is 0 Å². The molecule has 0 bridgehead atoms. The van der Waals surface area contributed by atoms with Crippen molar-refractivity contribution >= 4 is 17.2 Å². The lowest BCUT2D eigenvalue weighted by molar-refractivity contribution is -0.125. The van der Waals surface area contributed by atoms with E-state index in [1.165, 1.54) is 0 Å². The maximum Gasteiger partial charge on any atom is 0.225 e. The Morgan fingerprint density at radius 3 is 3.28 bits per heavy atom. The number of hydrogen-bond donors (Lipinski definition) is 1. The maximum atomic E-state index is 11.8. The summed E-state index contributed by atoms with van der Waals surface area (Å²) in [5.74, 6) is 0.463. The minimum Gasteiger partial charge on any atom is -0.376 e. The third kappa shape index (κ3) is 2.15. The van der Waals surface area contributed by atoms with Crippen molar-refractivity contribution in [2.45, 2.75) is 12.6 Å². The average Bonchev–Trinajstić information content (AvgIpc) is 3.04. The third-order valence-corrected chi connectivity index (χ3v) is 4.58. The number of nitrogens with zero attached hydrogens (tertiary/aromatic N) is 2. The van der Waals surface area contributed by atoms with E-state index in [0.717, 1.165) is 24.6 Å². The van der Waals surface area contributed by atoms with Gasteiger partial charge in [0.2, 0.25) is 5.91 Å². The van der Waals surface area contributed by atoms with E-state index in [9.17, 15) is 4.79 Å². The van der Waals surface area contributed by atoms with Crippen molar-refractivity contribution in [2.75, 3.05) is 26.7 Å². The minimum absolute atomic E-state index is 0.0151. The molecule has 1 amide bonds. The average molecular weight is 267 g/mol. The fourth-order valence-electron chi connectivity index (χ4n) is 2.90. The summed E-state index contributed by atoms with van der Waals surface area (Å²) in [4.78, 5) is 18.4. The molecule has 18 heavy (non-hydrogen) atoms. The van der Waals surface area contributed by atoms with Crippen LogP contribution in [0.15, 0.2) is 11.6 Å². The van der Waals surface area contributed by atoms with Crippen LogP contribution in [0.4, 0.5) is 0 Å². The monoisotopic (exact) mass is 267 g/mol. The van der Waals surface area contributed by atoms with Crippen LogP contribution in [-0.2, 0) is 16.1 Å². The number of rotatable bonds is 3. The van der Waals surface area contributed by atoms with Crippen molar-refractivity contribution in [3.05, 3.63) is 16.6 Å². The van der Waals surface area contributed by atoms with Crippen LogP contribution in [0.3, 0.4) is 0 Å². The van der Waals surface area contributed by atoms with Gasteiger partial charge in [-0.2, -0.15) is 0 Å². The summed E-state index contributed by atoms with van der Waals surface area (Å²) < 4.78 is 5.74. The molecule has 2 saturated heterocycles. The quantitative estimate of drug-likeness (QED) is 0.858. The van der Waals surface area contributed by atoms with Crippen LogP contribution in [0.25, 0.3) is 0 Å². The number of carbonyl (C=O) groups is 1. The molecule has 98 valence electrons. The first-order chi connectivity index (χ1) is 8.78. The van der Waals surface area contributed by atoms with Gasteiger partial charge in [-0.15, -0.1) is 11.3 Å². The molecular weight excluding hydrogens is 250 g/mol. The van der Waals surface area contributed by atoms with Crippen LogP contribution in [0, 0.1) is 11.8 Å². The normalized spacial score (nSPS) is 31.5. The van der Waals surface area contributed by atoms with Gasteiger partial charge in [0.05, 0.1) is 25.2 Å². The van der Waals surface area contributed by atoms with Crippen molar-refractivity contribution in [3.8, 4) is 0 Å². The first kappa shape index (κ1) is 12.1. The molecule has 1 N–H and O–H groups in total. The summed E-state index contributed by atoms with van der Waals surface area (Å²) in [5, 5.41) is 5.86. The second-order valence-corrected chi connectivity index (χ2v) is 5.86. The summed E-state index contributed by atoms with van der Waals surface area (Å²) in [6.45, 7) is 3.29. The Kier molecular flexibility index (Phi) is 3.32. The van der Waals surface area contributed by atoms with E-state index in [1.54, 1.807) is 18.4 Å². The molecule has 3 atom stereocenters. The molecule has 2 aliphatic heterocycles. The number of thiazole rings is 1. The van der Waals surface area contributed by atoms with Crippen LogP contribution < -0.4 is 5.32 Å². The van der Waals surface area contributed by atoms with E-state index >= 15 is 0 Å². The molecule has 0 spiro atoms. The highest BCUT2D eigenvalue weighted by molar-refractivity contribution is 7.09. The van der Waals surface area contributed by atoms with E-state index in [4.69, 9.17) is 4.74 Å². The number of likely N-dealkylation sites (tertiary alicyclic amines) is 1. The van der Waals surface area contributed by atoms with Crippen LogP contribution in [0.5, 0.6) is 0 Å². The van der Waals surface area contributed by atoms with Crippen molar-refractivity contribution < 1.29 is 9.53 Å². The molecule has 6 heteroatoms. The molecule has 0 aromatic carbocycles. The molecule has 2 aliphatic rings. The van der Waals surface area contributed by atoms with E-state index < -0.39 is 0 Å². The third-order valence-electron chi connectivity index (χ3n) is 3.82. The minimum atomic E-state index is 0.0151. The summed E-state index contributed by atoms with van der Waals surface area (Å²) >= 11 is 1.68. The highest BCUT2D eigenvalue weighted by Gasteiger charge is 2.46. The van der Waals surface area contributed by atoms with Gasteiger partial charge in [0.25, 0.3) is 0 Å². The lowest BCUT2D eigenvalue weighted by atomic mass is 9.92. The summed E-state index contributed by atoms with van der Waals surface area (Å²) in [7, 11) is 1.69. The van der Waals surface area contributed by atoms with Gasteiger partial charge in [0.1, 0.15) is 5.01 Å². The van der Waals surface area contributed by atoms with Gasteiger partial charge in [-0.3, -0.25) is 9.69 Å². The van der Waals surface area contributed by atoms with Gasteiger partial charge in [-0.25, -0.2) is 4.98 Å². The number of hydrogen-bond acceptors (Lipinski definition) is 5. The van der Waals surface area contributed by atoms with Gasteiger partial charge in [-0.05, 0) is 0 Å². The predicted octanol–water partition coefficient (Wildman–Crippen LogP) is 0.336. The largest absolute Gasteiger partial charge is 0.376 e. The standard InChI is InChI=1S/C12H17N3O2S/c1-13-12(16)9-7-17-10-5-15(4-8(9)10)6-11-14-2-3-18-11/h2-3,8-10H,4-7H2,1H3,(H,13,16)/t8-,9+,10-/m1/s1. The van der Waals surface area contributed by atoms with Gasteiger partial charge in [-0.1, -0.05) is 0 Å². The van der Waals surface area contributed by atoms with Gasteiger partial charge < -0.3 is 10.1 Å². The molecule has 0 saturated carbocycles. The summed E-state index contributed by atoms with van der Waals surface area (Å²) in [6.07, 6.45) is 2.05. The first-order valence-corrected chi connectivity index (χ1v) is 7.10. The van der Waals surface area contributed by atoms with Crippen molar-refractivity contribution in [2.24, 2.45) is 11.8 Å². The molecular formula is C12H17N3O2S. The zero-order valence-electron chi connectivity index (χ0n) is 10.3. The van der Waals surface area contributed by atoms with Crippen molar-refractivity contribution in [1.29, 1.82) is 0 Å². The number of fused-ring (bicyclic) bond motifs is 1. The van der Waals surface area contributed by atoms with Gasteiger partial charge >= 0.3 is 0 Å². The highest BCUT2D eigenvalue weighted by Crippen LogP contribution is 2.34. The Labute approximate surface area is 110 Å². The van der Waals surface area contributed by atoms with Crippen LogP contribution in [0.1, 0.15) is 5.01 Å². The number of nitrogens with one attached hydrogen (secondary N) is 1. The molecule has 0 aliphatic carbocycles. The second kappa shape index (κ2) is 4.95. The number of ether oxygens (including phenoxy) is 1. The summed E-state index contributed by atoms with van der Waals surface area (Å²) in [6, 6.07) is 0. The zero-order chi connectivity index (χ0) is 12.5. The van der Waals surface area contributed by atoms with Gasteiger partial charge in [0.15, 0.2) is 0 Å². The zero-order valence-corrected chi connectivity index (χ0v) is 11.2. The second-order valence-electron chi connectivity index (χ2n) is 4.88. The Morgan fingerprint density at radius 1 is 1.67 bits per heavy atom. The maximum absolute atomic E-state index is 11.8. The summed E-state index contributed by atoms with van der Waals surface area (Å²) in [5.41, 5.74) is 0. The number of aromatic nitrogens is 1. The Balaban J connectivity index is 1.63. The smallest absolute Gasteiger partial charge is 0.225 e. The fourth-order valence-corrected chi connectivity index (χ4v) is 3.56. The highest BCUT2D eigenvalue weighted by atomic mass is 32.1. The number of amides is 1. The Hall–Kier alpha value is -0.980. The molecule has 5 nitrogen and oxygen atoms in total. The molecule has 0 unspecified atom stereocenters. The SMILES string of the molecule is CNC(=O)[C@H]1CO[C@@H]2CN(Cc3nccs3)C[C@H]12. The van der Waals surface area contributed by atoms with E-state index in [-0.39, 0.29) is 17.9 Å². The molecule has 1 aromatic rings. The number of carbonyl (C=O) groups excluding carboxylic acids is 1. The molecule has 1 aromatic heterocycles. The lowest BCUT2D eigenvalue weighted by Gasteiger charge is -2.17. The van der Waals surface area contributed by atoms with E-state index in [2.05, 4.69) is 15.2 Å². The lowest BCUT2D eigenvalue weighted by Crippen LogP contribution is -2.34. The van der Waals surface area contributed by atoms with Crippen molar-refractivity contribution in [1.82, 2.24) is 15.2 Å². The Morgan fingerprint density at radius 2 is 2.56 bits per heavy atom. The van der Waals surface area contributed by atoms with Crippen LogP contribution in [0.2, 0.25) is 0 Å². The molecule has 3 rings (SSSR count). The van der Waals surface area contributed by atoms with Crippen LogP contribution in [-0.4, -0.2) is 48.6 Å². The molecule has 3 heterocycles.